The van der Waals surface area contributed by atoms with Crippen molar-refractivity contribution in [3.8, 4) is 0 Å². The molecule has 116 valence electrons. The minimum Gasteiger partial charge on any atom is -0.339 e. The summed E-state index contributed by atoms with van der Waals surface area (Å²) in [7, 11) is 0. The van der Waals surface area contributed by atoms with Crippen molar-refractivity contribution in [1.82, 2.24) is 9.97 Å². The lowest BCUT2D eigenvalue weighted by Gasteiger charge is -2.07. The molecule has 0 radical (unpaired) electrons. The SMILES string of the molecule is C(=C\c1nc(Nc2ccccc2)c2sccc2n1)/c1ccccc1. The highest BCUT2D eigenvalue weighted by Crippen LogP contribution is 2.28. The molecular weight excluding hydrogens is 314 g/mol. The van der Waals surface area contributed by atoms with Gasteiger partial charge >= 0.3 is 0 Å². The monoisotopic (exact) mass is 329 g/mol. The molecular formula is C20H15N3S. The number of nitrogens with one attached hydrogen (secondary N) is 1. The number of benzene rings is 2. The quantitative estimate of drug-likeness (QED) is 0.529. The zero-order valence-corrected chi connectivity index (χ0v) is 13.7. The molecule has 3 nitrogen and oxygen atoms in total. The third kappa shape index (κ3) is 3.19. The molecule has 0 atom stereocenters. The second-order valence-corrected chi connectivity index (χ2v) is 6.22. The molecule has 2 aromatic carbocycles. The Hall–Kier alpha value is -2.98. The summed E-state index contributed by atoms with van der Waals surface area (Å²) < 4.78 is 1.07. The average molecular weight is 329 g/mol. The molecule has 4 rings (SSSR count). The Morgan fingerprint density at radius 1 is 0.792 bits per heavy atom. The Kier molecular flexibility index (Phi) is 4.04. The number of rotatable bonds is 4. The highest BCUT2D eigenvalue weighted by Gasteiger charge is 2.08. The van der Waals surface area contributed by atoms with E-state index in [-0.39, 0.29) is 0 Å². The number of para-hydroxylation sites is 1. The number of aromatic nitrogens is 2. The number of nitrogens with zero attached hydrogens (tertiary/aromatic N) is 2. The first-order valence-electron chi connectivity index (χ1n) is 7.69. The standard InChI is InChI=1S/C20H15N3S/c1-3-7-15(8-4-1)11-12-18-22-17-13-14-24-19(17)20(23-18)21-16-9-5-2-6-10-16/h1-14H,(H,21,22,23)/b12-11+. The van der Waals surface area contributed by atoms with Gasteiger partial charge in [-0.25, -0.2) is 9.97 Å². The van der Waals surface area contributed by atoms with Crippen molar-refractivity contribution in [2.75, 3.05) is 5.32 Å². The van der Waals surface area contributed by atoms with Gasteiger partial charge in [0.1, 0.15) is 0 Å². The van der Waals surface area contributed by atoms with Crippen LogP contribution >= 0.6 is 11.3 Å². The summed E-state index contributed by atoms with van der Waals surface area (Å²) in [5.74, 6) is 1.54. The van der Waals surface area contributed by atoms with Gasteiger partial charge in [-0.1, -0.05) is 54.6 Å². The summed E-state index contributed by atoms with van der Waals surface area (Å²) in [6.07, 6.45) is 3.97. The van der Waals surface area contributed by atoms with Crippen LogP contribution in [-0.4, -0.2) is 9.97 Å². The van der Waals surface area contributed by atoms with Crippen molar-refractivity contribution in [3.63, 3.8) is 0 Å². The highest BCUT2D eigenvalue weighted by molar-refractivity contribution is 7.17. The van der Waals surface area contributed by atoms with E-state index in [0.717, 1.165) is 27.3 Å². The fourth-order valence-corrected chi connectivity index (χ4v) is 3.21. The number of anilines is 2. The first kappa shape index (κ1) is 14.6. The molecule has 4 aromatic rings. The minimum atomic E-state index is 0.697. The van der Waals surface area contributed by atoms with E-state index in [4.69, 9.17) is 0 Å². The molecule has 0 saturated heterocycles. The maximum absolute atomic E-state index is 4.68. The topological polar surface area (TPSA) is 37.8 Å². The highest BCUT2D eigenvalue weighted by atomic mass is 32.1. The van der Waals surface area contributed by atoms with Gasteiger partial charge in [0.2, 0.25) is 0 Å². The molecule has 0 bridgehead atoms. The molecule has 24 heavy (non-hydrogen) atoms. The first-order valence-corrected chi connectivity index (χ1v) is 8.57. The third-order valence-corrected chi connectivity index (χ3v) is 4.49. The molecule has 0 amide bonds. The summed E-state index contributed by atoms with van der Waals surface area (Å²) >= 11 is 1.64. The zero-order chi connectivity index (χ0) is 16.2. The lowest BCUT2D eigenvalue weighted by atomic mass is 10.2. The van der Waals surface area contributed by atoms with Crippen LogP contribution in [0, 0.1) is 0 Å². The molecule has 0 unspecified atom stereocenters. The Bertz CT molecular complexity index is 976. The van der Waals surface area contributed by atoms with E-state index in [9.17, 15) is 0 Å². The van der Waals surface area contributed by atoms with Crippen molar-refractivity contribution >= 4 is 45.2 Å². The van der Waals surface area contributed by atoms with E-state index in [1.165, 1.54) is 0 Å². The van der Waals surface area contributed by atoms with Crippen molar-refractivity contribution < 1.29 is 0 Å². The van der Waals surface area contributed by atoms with Gasteiger partial charge in [0, 0.05) is 5.69 Å². The molecule has 1 N–H and O–H groups in total. The normalized spacial score (nSPS) is 11.2. The van der Waals surface area contributed by atoms with Gasteiger partial charge in [0.15, 0.2) is 11.6 Å². The molecule has 0 fully saturated rings. The molecule has 0 aliphatic rings. The Balaban J connectivity index is 1.71. The summed E-state index contributed by atoms with van der Waals surface area (Å²) in [4.78, 5) is 9.31. The predicted octanol–water partition coefficient (Wildman–Crippen LogP) is 5.61. The molecule has 2 heterocycles. The van der Waals surface area contributed by atoms with Crippen molar-refractivity contribution in [2.45, 2.75) is 0 Å². The summed E-state index contributed by atoms with van der Waals surface area (Å²) in [5.41, 5.74) is 3.11. The number of fused-ring (bicyclic) bond motifs is 1. The predicted molar refractivity (Wildman–Crippen MR) is 103 cm³/mol. The van der Waals surface area contributed by atoms with Crippen LogP contribution in [0.2, 0.25) is 0 Å². The van der Waals surface area contributed by atoms with Gasteiger partial charge in [0.25, 0.3) is 0 Å². The molecule has 0 spiro atoms. The average Bonchev–Trinajstić information content (AvgIpc) is 3.11. The maximum Gasteiger partial charge on any atom is 0.155 e. The lowest BCUT2D eigenvalue weighted by molar-refractivity contribution is 1.19. The van der Waals surface area contributed by atoms with E-state index >= 15 is 0 Å². The van der Waals surface area contributed by atoms with E-state index in [2.05, 4.69) is 27.4 Å². The van der Waals surface area contributed by atoms with Crippen LogP contribution in [-0.2, 0) is 0 Å². The molecule has 2 aromatic heterocycles. The molecule has 0 saturated carbocycles. The van der Waals surface area contributed by atoms with Crippen molar-refractivity contribution in [1.29, 1.82) is 0 Å². The van der Waals surface area contributed by atoms with E-state index in [0.29, 0.717) is 5.82 Å². The van der Waals surface area contributed by atoms with Crippen molar-refractivity contribution in [2.24, 2.45) is 0 Å². The van der Waals surface area contributed by atoms with Gasteiger partial charge in [-0.15, -0.1) is 11.3 Å². The van der Waals surface area contributed by atoms with Gasteiger partial charge in [-0.05, 0) is 35.2 Å². The van der Waals surface area contributed by atoms with Crippen LogP contribution < -0.4 is 5.32 Å². The smallest absolute Gasteiger partial charge is 0.155 e. The Morgan fingerprint density at radius 3 is 2.33 bits per heavy atom. The summed E-state index contributed by atoms with van der Waals surface area (Å²) in [5, 5.41) is 5.44. The van der Waals surface area contributed by atoms with Crippen molar-refractivity contribution in [3.05, 3.63) is 83.5 Å². The van der Waals surface area contributed by atoms with Crippen LogP contribution in [0.25, 0.3) is 22.4 Å². The van der Waals surface area contributed by atoms with Crippen LogP contribution in [0.15, 0.2) is 72.1 Å². The summed E-state index contributed by atoms with van der Waals surface area (Å²) in [6.45, 7) is 0. The second kappa shape index (κ2) is 6.64. The molecule has 4 heteroatoms. The van der Waals surface area contributed by atoms with Gasteiger partial charge in [-0.2, -0.15) is 0 Å². The zero-order valence-electron chi connectivity index (χ0n) is 12.9. The maximum atomic E-state index is 4.68. The van der Waals surface area contributed by atoms with Gasteiger partial charge in [0.05, 0.1) is 10.2 Å². The second-order valence-electron chi connectivity index (χ2n) is 5.30. The Morgan fingerprint density at radius 2 is 1.54 bits per heavy atom. The minimum absolute atomic E-state index is 0.697. The molecule has 0 aliphatic heterocycles. The van der Waals surface area contributed by atoms with Crippen LogP contribution in [0.3, 0.4) is 0 Å². The number of thiophene rings is 1. The van der Waals surface area contributed by atoms with Crippen LogP contribution in [0.1, 0.15) is 11.4 Å². The lowest BCUT2D eigenvalue weighted by Crippen LogP contribution is -1.97. The number of hydrogen-bond acceptors (Lipinski definition) is 4. The third-order valence-electron chi connectivity index (χ3n) is 3.58. The van der Waals surface area contributed by atoms with Crippen LogP contribution in [0.5, 0.6) is 0 Å². The molecule has 0 aliphatic carbocycles. The fourth-order valence-electron chi connectivity index (χ4n) is 2.43. The van der Waals surface area contributed by atoms with E-state index in [1.54, 1.807) is 11.3 Å². The fraction of sp³-hybridized carbons (Fsp3) is 0. The number of hydrogen-bond donors (Lipinski definition) is 1. The van der Waals surface area contributed by atoms with Crippen LogP contribution in [0.4, 0.5) is 11.5 Å². The van der Waals surface area contributed by atoms with Gasteiger partial charge < -0.3 is 5.32 Å². The first-order chi connectivity index (χ1) is 11.9. The van der Waals surface area contributed by atoms with E-state index in [1.807, 2.05) is 72.1 Å². The van der Waals surface area contributed by atoms with E-state index < -0.39 is 0 Å². The summed E-state index contributed by atoms with van der Waals surface area (Å²) in [6, 6.07) is 22.3. The Labute approximate surface area is 144 Å². The van der Waals surface area contributed by atoms with Gasteiger partial charge in [-0.3, -0.25) is 0 Å². The largest absolute Gasteiger partial charge is 0.339 e.